The molecule has 0 unspecified atom stereocenters. The number of nitrogens with zero attached hydrogens (tertiary/aromatic N) is 5. The van der Waals surface area contributed by atoms with Gasteiger partial charge in [-0.25, -0.2) is 4.98 Å². The average Bonchev–Trinajstić information content (AvgIpc) is 3.28. The molecule has 9 nitrogen and oxygen atoms in total. The maximum Gasteiger partial charge on any atom is 0.291 e. The number of rotatable bonds is 4. The molecule has 2 aromatic heterocycles. The third-order valence-electron chi connectivity index (χ3n) is 4.80. The van der Waals surface area contributed by atoms with Crippen molar-refractivity contribution in [3.8, 4) is 0 Å². The minimum Gasteiger partial charge on any atom is -0.337 e. The van der Waals surface area contributed by atoms with E-state index in [9.17, 15) is 9.59 Å². The van der Waals surface area contributed by atoms with Crippen LogP contribution in [0.5, 0.6) is 0 Å². The Balaban J connectivity index is 1.44. The smallest absolute Gasteiger partial charge is 0.291 e. The van der Waals surface area contributed by atoms with E-state index in [1.54, 1.807) is 16.6 Å². The van der Waals surface area contributed by atoms with E-state index in [1.165, 1.54) is 0 Å². The van der Waals surface area contributed by atoms with Crippen LogP contribution in [-0.4, -0.2) is 49.9 Å². The molecule has 1 aliphatic rings. The topological polar surface area (TPSA) is 109 Å². The quantitative estimate of drug-likeness (QED) is 0.698. The Bertz CT molecular complexity index is 1010. The summed E-state index contributed by atoms with van der Waals surface area (Å²) in [5.41, 5.74) is 2.68. The average molecular weight is 379 g/mol. The molecule has 0 saturated heterocycles. The highest BCUT2D eigenvalue weighted by molar-refractivity contribution is 6.01. The zero-order chi connectivity index (χ0) is 19.7. The number of carbonyl (C=O) groups is 2. The molecule has 28 heavy (non-hydrogen) atoms. The Hall–Kier alpha value is -3.49. The maximum atomic E-state index is 12.8. The molecular formula is C19H21N7O2. The molecule has 0 bridgehead atoms. The van der Waals surface area contributed by atoms with Crippen LogP contribution < -0.4 is 10.2 Å². The highest BCUT2D eigenvalue weighted by atomic mass is 16.2. The van der Waals surface area contributed by atoms with Crippen molar-refractivity contribution in [3.05, 3.63) is 59.4 Å². The van der Waals surface area contributed by atoms with Crippen LogP contribution in [0, 0.1) is 0 Å². The first kappa shape index (κ1) is 17.9. The molecule has 3 heterocycles. The van der Waals surface area contributed by atoms with Crippen molar-refractivity contribution >= 4 is 17.5 Å². The van der Waals surface area contributed by atoms with E-state index in [4.69, 9.17) is 0 Å². The number of carbonyl (C=O) groups excluding carboxylic acids is 2. The van der Waals surface area contributed by atoms with Crippen molar-refractivity contribution in [1.29, 1.82) is 0 Å². The molecule has 3 aromatic rings. The van der Waals surface area contributed by atoms with E-state index in [2.05, 4.69) is 25.6 Å². The predicted octanol–water partition coefficient (Wildman–Crippen LogP) is 0.837. The predicted molar refractivity (Wildman–Crippen MR) is 102 cm³/mol. The van der Waals surface area contributed by atoms with Crippen molar-refractivity contribution in [2.45, 2.75) is 25.3 Å². The van der Waals surface area contributed by atoms with Gasteiger partial charge in [0.15, 0.2) is 0 Å². The highest BCUT2D eigenvalue weighted by Crippen LogP contribution is 2.24. The first-order chi connectivity index (χ1) is 13.5. The Morgan fingerprint density at radius 1 is 1.29 bits per heavy atom. The molecule has 0 radical (unpaired) electrons. The van der Waals surface area contributed by atoms with Crippen molar-refractivity contribution in [2.24, 2.45) is 7.05 Å². The number of aryl methyl sites for hydroxylation is 2. The second kappa shape index (κ2) is 7.26. The van der Waals surface area contributed by atoms with Gasteiger partial charge in [0.2, 0.25) is 11.7 Å². The fraction of sp³-hybridized carbons (Fsp3) is 0.316. The normalized spacial score (nSPS) is 16.6. The van der Waals surface area contributed by atoms with Gasteiger partial charge in [-0.05, 0) is 18.4 Å². The molecule has 1 aromatic carbocycles. The van der Waals surface area contributed by atoms with E-state index in [0.29, 0.717) is 25.1 Å². The number of H-pyrrole nitrogens is 1. The van der Waals surface area contributed by atoms with Gasteiger partial charge in [0.1, 0.15) is 11.9 Å². The van der Waals surface area contributed by atoms with Gasteiger partial charge in [0.05, 0.1) is 11.4 Å². The van der Waals surface area contributed by atoms with E-state index in [-0.39, 0.29) is 11.7 Å². The van der Waals surface area contributed by atoms with E-state index >= 15 is 0 Å². The van der Waals surface area contributed by atoms with Gasteiger partial charge in [-0.15, -0.1) is 5.10 Å². The molecule has 1 atom stereocenters. The fourth-order valence-electron chi connectivity index (χ4n) is 3.36. The largest absolute Gasteiger partial charge is 0.337 e. The lowest BCUT2D eigenvalue weighted by Gasteiger charge is -2.20. The molecule has 4 rings (SSSR count). The van der Waals surface area contributed by atoms with Gasteiger partial charge in [-0.3, -0.25) is 19.4 Å². The van der Waals surface area contributed by atoms with Gasteiger partial charge >= 0.3 is 0 Å². The minimum atomic E-state index is -0.645. The lowest BCUT2D eigenvalue weighted by molar-refractivity contribution is -0.120. The number of likely N-dealkylation sites (N-methyl/N-ethyl adjacent to an activating group) is 1. The zero-order valence-electron chi connectivity index (χ0n) is 15.7. The first-order valence-electron chi connectivity index (χ1n) is 9.07. The summed E-state index contributed by atoms with van der Waals surface area (Å²) in [6.07, 6.45) is 3.43. The monoisotopic (exact) mass is 379 g/mol. The first-order valence-corrected chi connectivity index (χ1v) is 9.07. The number of benzene rings is 1. The Morgan fingerprint density at radius 2 is 2.07 bits per heavy atom. The minimum absolute atomic E-state index is 0.0297. The number of amides is 2. The molecule has 2 amide bonds. The lowest BCUT2D eigenvalue weighted by atomic mass is 10.1. The summed E-state index contributed by atoms with van der Waals surface area (Å²) in [5.74, 6) is -0.0255. The van der Waals surface area contributed by atoms with Crippen molar-refractivity contribution in [3.63, 3.8) is 0 Å². The third kappa shape index (κ3) is 3.51. The lowest BCUT2D eigenvalue weighted by Crippen LogP contribution is -2.47. The van der Waals surface area contributed by atoms with Crippen LogP contribution in [0.15, 0.2) is 36.5 Å². The molecule has 144 valence electrons. The molecule has 1 aliphatic heterocycles. The second-order valence-electron chi connectivity index (χ2n) is 6.86. The van der Waals surface area contributed by atoms with Crippen LogP contribution in [0.1, 0.15) is 34.1 Å². The second-order valence-corrected chi connectivity index (χ2v) is 6.86. The summed E-state index contributed by atoms with van der Waals surface area (Å²) >= 11 is 0. The number of aromatic amines is 1. The zero-order valence-corrected chi connectivity index (χ0v) is 15.7. The Labute approximate surface area is 161 Å². The Kier molecular flexibility index (Phi) is 4.64. The molecule has 0 spiro atoms. The van der Waals surface area contributed by atoms with Gasteiger partial charge < -0.3 is 10.2 Å². The molecule has 0 saturated carbocycles. The van der Waals surface area contributed by atoms with Crippen LogP contribution in [0.2, 0.25) is 0 Å². The van der Waals surface area contributed by atoms with Crippen LogP contribution >= 0.6 is 0 Å². The molecule has 2 N–H and O–H groups in total. The molecule has 9 heteroatoms. The number of nitrogens with one attached hydrogen (secondary N) is 2. The summed E-state index contributed by atoms with van der Waals surface area (Å²) in [5, 5.41) is 13.9. The number of aromatic nitrogens is 5. The van der Waals surface area contributed by atoms with Crippen molar-refractivity contribution in [1.82, 2.24) is 30.3 Å². The summed E-state index contributed by atoms with van der Waals surface area (Å²) < 4.78 is 1.69. The molecule has 0 fully saturated rings. The van der Waals surface area contributed by atoms with Crippen molar-refractivity contribution < 1.29 is 9.59 Å². The van der Waals surface area contributed by atoms with Gasteiger partial charge in [0, 0.05) is 26.7 Å². The van der Waals surface area contributed by atoms with Gasteiger partial charge in [-0.2, -0.15) is 5.10 Å². The van der Waals surface area contributed by atoms with E-state index < -0.39 is 11.9 Å². The summed E-state index contributed by atoms with van der Waals surface area (Å²) in [6, 6.07) is 9.15. The number of hydrogen-bond donors (Lipinski definition) is 2. The highest BCUT2D eigenvalue weighted by Gasteiger charge is 2.31. The third-order valence-corrected chi connectivity index (χ3v) is 4.80. The van der Waals surface area contributed by atoms with Gasteiger partial charge in [0.25, 0.3) is 5.91 Å². The van der Waals surface area contributed by atoms with Crippen LogP contribution in [-0.2, 0) is 24.7 Å². The summed E-state index contributed by atoms with van der Waals surface area (Å²) in [7, 11) is 3.51. The van der Waals surface area contributed by atoms with Crippen LogP contribution in [0.25, 0.3) is 0 Å². The number of anilines is 1. The van der Waals surface area contributed by atoms with E-state index in [0.717, 1.165) is 16.9 Å². The van der Waals surface area contributed by atoms with Crippen molar-refractivity contribution in [2.75, 3.05) is 11.9 Å². The Morgan fingerprint density at radius 3 is 2.86 bits per heavy atom. The maximum absolute atomic E-state index is 12.8. The summed E-state index contributed by atoms with van der Waals surface area (Å²) in [4.78, 5) is 31.1. The standard InChI is InChI=1S/C19H21N7O2/c1-25-11-15-13(24-25)8-9-14(19(28)26(15)2)20-18(27)17-21-16(22-23-17)10-12-6-4-3-5-7-12/h3-7,11,14H,8-10H2,1-2H3,(H,20,27)(H,21,22,23)/t14-/m0/s1. The summed E-state index contributed by atoms with van der Waals surface area (Å²) in [6.45, 7) is 0. The number of fused-ring (bicyclic) bond motifs is 1. The molecule has 0 aliphatic carbocycles. The van der Waals surface area contributed by atoms with Crippen LogP contribution in [0.3, 0.4) is 0 Å². The van der Waals surface area contributed by atoms with Gasteiger partial charge in [-0.1, -0.05) is 30.3 Å². The SMILES string of the molecule is CN1C(=O)[C@@H](NC(=O)c2n[nH]c(Cc3ccccc3)n2)CCc2nn(C)cc21. The van der Waals surface area contributed by atoms with Crippen LogP contribution in [0.4, 0.5) is 5.69 Å². The fourth-order valence-corrected chi connectivity index (χ4v) is 3.36. The number of hydrogen-bond acceptors (Lipinski definition) is 5. The molecular weight excluding hydrogens is 358 g/mol. The van der Waals surface area contributed by atoms with E-state index in [1.807, 2.05) is 43.6 Å².